The molecule has 0 spiro atoms. The van der Waals surface area contributed by atoms with Gasteiger partial charge in [-0.3, -0.25) is 4.79 Å². The molecule has 0 radical (unpaired) electrons. The van der Waals surface area contributed by atoms with Gasteiger partial charge in [-0.15, -0.1) is 0 Å². The van der Waals surface area contributed by atoms with Gasteiger partial charge < -0.3 is 0 Å². The summed E-state index contributed by atoms with van der Waals surface area (Å²) in [5.41, 5.74) is 3.30. The summed E-state index contributed by atoms with van der Waals surface area (Å²) in [5, 5.41) is 0. The van der Waals surface area contributed by atoms with Gasteiger partial charge in [0.1, 0.15) is 0 Å². The highest BCUT2D eigenvalue weighted by Gasteiger charge is 2.09. The van der Waals surface area contributed by atoms with Gasteiger partial charge in [0.2, 0.25) is 0 Å². The Hall–Kier alpha value is -1.11. The number of carbonyl (C=O) groups is 1. The van der Waals surface area contributed by atoms with Crippen LogP contribution < -0.4 is 0 Å². The van der Waals surface area contributed by atoms with E-state index in [1.165, 1.54) is 69.8 Å². The monoisotopic (exact) mass is 316 g/mol. The van der Waals surface area contributed by atoms with Crippen LogP contribution in [0, 0.1) is 13.8 Å². The zero-order valence-electron chi connectivity index (χ0n) is 15.6. The number of hydrogen-bond acceptors (Lipinski definition) is 1. The molecule has 0 bridgehead atoms. The van der Waals surface area contributed by atoms with Crippen LogP contribution in [-0.2, 0) is 0 Å². The molecule has 1 rings (SSSR count). The van der Waals surface area contributed by atoms with E-state index in [1.54, 1.807) is 0 Å². The number of rotatable bonds is 13. The lowest BCUT2D eigenvalue weighted by atomic mass is 9.97. The summed E-state index contributed by atoms with van der Waals surface area (Å²) in [6.07, 6.45) is 15.3. The van der Waals surface area contributed by atoms with Crippen LogP contribution in [0.1, 0.15) is 105 Å². The lowest BCUT2D eigenvalue weighted by Crippen LogP contribution is -2.02. The normalized spacial score (nSPS) is 10.9. The van der Waals surface area contributed by atoms with E-state index >= 15 is 0 Å². The predicted molar refractivity (Wildman–Crippen MR) is 101 cm³/mol. The van der Waals surface area contributed by atoms with Crippen molar-refractivity contribution in [2.24, 2.45) is 0 Å². The summed E-state index contributed by atoms with van der Waals surface area (Å²) >= 11 is 0. The van der Waals surface area contributed by atoms with Crippen molar-refractivity contribution in [2.45, 2.75) is 97.8 Å². The first kappa shape index (κ1) is 19.9. The van der Waals surface area contributed by atoms with Crippen molar-refractivity contribution in [1.29, 1.82) is 0 Å². The van der Waals surface area contributed by atoms with Gasteiger partial charge in [-0.2, -0.15) is 0 Å². The molecule has 0 heterocycles. The molecule has 0 saturated heterocycles. The van der Waals surface area contributed by atoms with Crippen molar-refractivity contribution in [3.63, 3.8) is 0 Å². The van der Waals surface area contributed by atoms with Gasteiger partial charge in [0, 0.05) is 12.0 Å². The second-order valence-electron chi connectivity index (χ2n) is 6.96. The lowest BCUT2D eigenvalue weighted by Gasteiger charge is -2.07. The van der Waals surface area contributed by atoms with Crippen molar-refractivity contribution in [3.8, 4) is 0 Å². The van der Waals surface area contributed by atoms with Crippen LogP contribution in [-0.4, -0.2) is 5.78 Å². The van der Waals surface area contributed by atoms with E-state index < -0.39 is 0 Å². The van der Waals surface area contributed by atoms with Crippen LogP contribution in [0.15, 0.2) is 18.2 Å². The Morgan fingerprint density at radius 2 is 1.30 bits per heavy atom. The summed E-state index contributed by atoms with van der Waals surface area (Å²) in [7, 11) is 0. The fourth-order valence-corrected chi connectivity index (χ4v) is 3.14. The third-order valence-electron chi connectivity index (χ3n) is 4.91. The molecule has 1 aromatic rings. The second-order valence-corrected chi connectivity index (χ2v) is 6.96. The van der Waals surface area contributed by atoms with Crippen LogP contribution in [0.25, 0.3) is 0 Å². The van der Waals surface area contributed by atoms with Gasteiger partial charge in [-0.05, 0) is 31.4 Å². The molecular weight excluding hydrogens is 280 g/mol. The molecule has 0 aromatic heterocycles. The lowest BCUT2D eigenvalue weighted by molar-refractivity contribution is 0.0978. The van der Waals surface area contributed by atoms with Crippen molar-refractivity contribution < 1.29 is 4.79 Å². The zero-order chi connectivity index (χ0) is 16.9. The third kappa shape index (κ3) is 8.34. The quantitative estimate of drug-likeness (QED) is 0.278. The van der Waals surface area contributed by atoms with E-state index in [4.69, 9.17) is 0 Å². The Kier molecular flexibility index (Phi) is 10.7. The Bertz CT molecular complexity index is 447. The topological polar surface area (TPSA) is 17.1 Å². The molecule has 0 amide bonds. The molecule has 23 heavy (non-hydrogen) atoms. The number of benzene rings is 1. The first-order chi connectivity index (χ1) is 11.2. The summed E-state index contributed by atoms with van der Waals surface area (Å²) in [4.78, 5) is 12.3. The largest absolute Gasteiger partial charge is 0.294 e. The highest BCUT2D eigenvalue weighted by atomic mass is 16.1. The van der Waals surface area contributed by atoms with Crippen molar-refractivity contribution >= 4 is 5.78 Å². The molecule has 0 saturated carbocycles. The SMILES string of the molecule is CCCCCCCCCCCCCC(=O)c1cccc(C)c1C. The van der Waals surface area contributed by atoms with Crippen LogP contribution >= 0.6 is 0 Å². The van der Waals surface area contributed by atoms with Gasteiger partial charge in [-0.1, -0.05) is 89.3 Å². The van der Waals surface area contributed by atoms with Crippen LogP contribution in [0.2, 0.25) is 0 Å². The van der Waals surface area contributed by atoms with E-state index in [0.29, 0.717) is 12.2 Å². The van der Waals surface area contributed by atoms with Gasteiger partial charge >= 0.3 is 0 Å². The number of carbonyl (C=O) groups excluding carboxylic acids is 1. The van der Waals surface area contributed by atoms with Gasteiger partial charge in [-0.25, -0.2) is 0 Å². The minimum absolute atomic E-state index is 0.321. The van der Waals surface area contributed by atoms with E-state index in [0.717, 1.165) is 17.5 Å². The molecule has 1 heteroatoms. The average molecular weight is 317 g/mol. The number of aryl methyl sites for hydroxylation is 1. The third-order valence-corrected chi connectivity index (χ3v) is 4.91. The summed E-state index contributed by atoms with van der Waals surface area (Å²) in [6.45, 7) is 6.41. The summed E-state index contributed by atoms with van der Waals surface area (Å²) in [6, 6.07) is 6.05. The maximum Gasteiger partial charge on any atom is 0.163 e. The predicted octanol–water partition coefficient (Wildman–Crippen LogP) is 7.19. The molecule has 1 aromatic carbocycles. The van der Waals surface area contributed by atoms with E-state index in [-0.39, 0.29) is 0 Å². The van der Waals surface area contributed by atoms with Crippen LogP contribution in [0.5, 0.6) is 0 Å². The highest BCUT2D eigenvalue weighted by Crippen LogP contribution is 2.17. The molecule has 0 aliphatic rings. The fourth-order valence-electron chi connectivity index (χ4n) is 3.14. The molecule has 0 atom stereocenters. The van der Waals surface area contributed by atoms with Gasteiger partial charge in [0.25, 0.3) is 0 Å². The molecule has 0 fully saturated rings. The van der Waals surface area contributed by atoms with Crippen LogP contribution in [0.4, 0.5) is 0 Å². The maximum absolute atomic E-state index is 12.3. The second kappa shape index (κ2) is 12.3. The van der Waals surface area contributed by atoms with Gasteiger partial charge in [0.05, 0.1) is 0 Å². The first-order valence-electron chi connectivity index (χ1n) is 9.76. The van der Waals surface area contributed by atoms with E-state index in [1.807, 2.05) is 12.1 Å². The molecule has 0 aliphatic carbocycles. The number of Topliss-reactive ketones (excluding diaryl/α,β-unsaturated/α-hetero) is 1. The van der Waals surface area contributed by atoms with E-state index in [9.17, 15) is 4.79 Å². The van der Waals surface area contributed by atoms with Crippen molar-refractivity contribution in [2.75, 3.05) is 0 Å². The maximum atomic E-state index is 12.3. The number of hydrogen-bond donors (Lipinski definition) is 0. The smallest absolute Gasteiger partial charge is 0.163 e. The van der Waals surface area contributed by atoms with E-state index in [2.05, 4.69) is 26.8 Å². The Morgan fingerprint density at radius 1 is 0.783 bits per heavy atom. The fraction of sp³-hybridized carbons (Fsp3) is 0.682. The molecule has 0 unspecified atom stereocenters. The molecule has 0 aliphatic heterocycles. The van der Waals surface area contributed by atoms with Crippen molar-refractivity contribution in [1.82, 2.24) is 0 Å². The number of ketones is 1. The minimum atomic E-state index is 0.321. The average Bonchev–Trinajstić information content (AvgIpc) is 2.55. The van der Waals surface area contributed by atoms with Crippen LogP contribution in [0.3, 0.4) is 0 Å². The Labute approximate surface area is 143 Å². The molecular formula is C22H36O. The zero-order valence-corrected chi connectivity index (χ0v) is 15.6. The Balaban J connectivity index is 2.03. The highest BCUT2D eigenvalue weighted by molar-refractivity contribution is 5.97. The standard InChI is InChI=1S/C22H36O/c1-4-5-6-7-8-9-10-11-12-13-14-18-22(23)21-17-15-16-19(2)20(21)3/h15-17H,4-14,18H2,1-3H3. The molecule has 1 nitrogen and oxygen atoms in total. The minimum Gasteiger partial charge on any atom is -0.294 e. The molecule has 0 N–H and O–H groups in total. The Morgan fingerprint density at radius 3 is 1.87 bits per heavy atom. The summed E-state index contributed by atoms with van der Waals surface area (Å²) < 4.78 is 0. The molecule has 130 valence electrons. The van der Waals surface area contributed by atoms with Gasteiger partial charge in [0.15, 0.2) is 5.78 Å². The van der Waals surface area contributed by atoms with Crippen molar-refractivity contribution in [3.05, 3.63) is 34.9 Å². The summed E-state index contributed by atoms with van der Waals surface area (Å²) in [5.74, 6) is 0.321. The number of unbranched alkanes of at least 4 members (excludes halogenated alkanes) is 10. The first-order valence-corrected chi connectivity index (χ1v) is 9.76.